The summed E-state index contributed by atoms with van der Waals surface area (Å²) >= 11 is 0. The lowest BCUT2D eigenvalue weighted by Crippen LogP contribution is -2.34. The topological polar surface area (TPSA) is 415 Å². The molecule has 42 heteroatoms. The normalized spacial score (nSPS) is 13.6. The second-order valence-corrected chi connectivity index (χ2v) is 31.0. The summed E-state index contributed by atoms with van der Waals surface area (Å²) in [7, 11) is 18.3. The Hall–Kier alpha value is -2.49. The quantitative estimate of drug-likeness (QED) is 0.0237. The third kappa shape index (κ3) is 67.0. The molecule has 7 N–H and O–H groups in total. The maximum absolute atomic E-state index is 12.6. The molecule has 2 rings (SSSR count). The predicted octanol–water partition coefficient (Wildman–Crippen LogP) is -0.0987. The fourth-order valence-corrected chi connectivity index (χ4v) is 21.3. The molecule has 2 fully saturated rings. The molecule has 2 aliphatic heterocycles. The molecule has 0 saturated carbocycles. The molecule has 2 saturated heterocycles. The Morgan fingerprint density at radius 3 is 0.886 bits per heavy atom. The summed E-state index contributed by atoms with van der Waals surface area (Å²) in [6.07, 6.45) is 0.824. The van der Waals surface area contributed by atoms with Crippen molar-refractivity contribution in [3.05, 3.63) is 0 Å². The molecule has 0 aromatic rings. The number of nitrogens with one attached hydrogen (secondary N) is 6. The zero-order valence-corrected chi connectivity index (χ0v) is 66.5. The van der Waals surface area contributed by atoms with Gasteiger partial charge in [0.25, 0.3) is 0 Å². The van der Waals surface area contributed by atoms with E-state index < -0.39 is 24.1 Å². The maximum atomic E-state index is 12.6. The van der Waals surface area contributed by atoms with Gasteiger partial charge in [0.05, 0.1) is 222 Å². The van der Waals surface area contributed by atoms with Crippen molar-refractivity contribution in [2.45, 2.75) is 38.8 Å². The highest BCUT2D eigenvalue weighted by molar-refractivity contribution is 9.14. The smallest absolute Gasteiger partial charge is 0.308 e. The minimum Gasteiger partial charge on any atom is -0.481 e. The first-order valence-corrected chi connectivity index (χ1v) is 41.1. The van der Waals surface area contributed by atoms with Gasteiger partial charge in [-0.15, -0.1) is 0 Å². The number of rotatable bonds is 77. The number of aliphatic carboxylic acids is 1. The van der Waals surface area contributed by atoms with Gasteiger partial charge in [-0.05, 0) is 34.4 Å². The first-order valence-electron chi connectivity index (χ1n) is 34.6. The van der Waals surface area contributed by atoms with Gasteiger partial charge in [-0.1, -0.05) is 49.6 Å². The molecule has 2 heterocycles. The maximum Gasteiger partial charge on any atom is 0.308 e. The Morgan fingerprint density at radius 2 is 0.590 bits per heavy atom. The number of ether oxygens (including phenoxy) is 22. The highest BCUT2D eigenvalue weighted by atomic mass is 33.2. The SMILES string of the molecule is CNC(=O)COC(COCCOCCNC(=O)COCCOCCOC)COCCOCCNC(=O)COCCOCCOC.COCCOCCOCC(=O)NCCOCCOCC(COCCOCCNC(=O)COCCOCCOC)OCC(=O)NCCCC[C@@H](C(=O)O)C1SSC2(SS1)SS2. The summed E-state index contributed by atoms with van der Waals surface area (Å²) in [6, 6.07) is 0. The lowest BCUT2D eigenvalue weighted by Gasteiger charge is -2.27. The van der Waals surface area contributed by atoms with E-state index in [1.54, 1.807) is 71.6 Å². The lowest BCUT2D eigenvalue weighted by molar-refractivity contribution is -0.141. The summed E-state index contributed by atoms with van der Waals surface area (Å²) in [4.78, 5) is 83.3. The van der Waals surface area contributed by atoms with Crippen LogP contribution < -0.4 is 31.9 Å². The van der Waals surface area contributed by atoms with Gasteiger partial charge in [-0.3, -0.25) is 33.6 Å². The molecule has 1 atom stereocenters. The molecular formula is C63H118N6O30S6. The number of carboxylic acids is 1. The predicted molar refractivity (Wildman–Crippen MR) is 396 cm³/mol. The molecule has 36 nitrogen and oxygen atoms in total. The number of carbonyl (C=O) groups is 7. The number of methoxy groups -OCH3 is 4. The molecule has 1 spiro atoms. The van der Waals surface area contributed by atoms with Crippen molar-refractivity contribution >= 4 is 106 Å². The highest BCUT2D eigenvalue weighted by Crippen LogP contribution is 2.84. The van der Waals surface area contributed by atoms with Crippen LogP contribution in [-0.2, 0) is 138 Å². The Kier molecular flexibility index (Phi) is 72.3. The average Bonchev–Trinajstić information content (AvgIpc) is 1.65. The van der Waals surface area contributed by atoms with Crippen LogP contribution in [0.1, 0.15) is 19.3 Å². The van der Waals surface area contributed by atoms with Gasteiger partial charge in [0.15, 0.2) is 2.74 Å². The van der Waals surface area contributed by atoms with Crippen molar-refractivity contribution in [3.8, 4) is 0 Å². The number of likely N-dealkylation sites (N-methyl/N-ethyl adjacent to an activating group) is 1. The lowest BCUT2D eigenvalue weighted by atomic mass is 10.0. The third-order valence-corrected chi connectivity index (χ3v) is 26.8. The minimum absolute atomic E-state index is 0.0184. The fraction of sp³-hybridized carbons (Fsp3) is 0.889. The van der Waals surface area contributed by atoms with E-state index in [-0.39, 0.29) is 148 Å². The Bertz CT molecular complexity index is 2010. The van der Waals surface area contributed by atoms with Crippen LogP contribution in [0.3, 0.4) is 0 Å². The van der Waals surface area contributed by atoms with E-state index in [0.29, 0.717) is 197 Å². The van der Waals surface area contributed by atoms with E-state index >= 15 is 0 Å². The second-order valence-electron chi connectivity index (χ2n) is 21.5. The molecule has 2 aliphatic rings. The standard InChI is InChI=1S/C35H63N3O16S6.C28H55N3O14/c1-44-11-13-48-17-21-52-25-30(39)37-7-9-46-15-19-50-23-28(24-51-20-16-47-10-8-38-31(40)26-53-22-18-49-14-12-45-2)54-27-32(41)36-6-4-3-5-29(33(42)43)34-55-57-35(58-56-34)59-60-35;1-29-26(32)24-45-25(20-41-16-12-37-6-4-30-27(33)22-43-18-14-39-10-8-35-2)21-42-17-13-38-7-5-31-28(34)23-44-19-15-40-11-9-36-3/h28-29,34H,3-27H2,1-2H3,(H,36,41)(H,37,39)(H,38,40)(H,42,43);25H,4-24H2,1-3H3,(H,29,32)(H,30,33)(H,31,34)/t29-;/m0./s1. The Balaban J connectivity index is 0.00000110. The van der Waals surface area contributed by atoms with Crippen molar-refractivity contribution < 1.29 is 143 Å². The monoisotopic (exact) mass is 1630 g/mol. The summed E-state index contributed by atoms with van der Waals surface area (Å²) in [5.74, 6) is -2.80. The van der Waals surface area contributed by atoms with E-state index in [0.717, 1.165) is 0 Å². The zero-order valence-electron chi connectivity index (χ0n) is 61.6. The Labute approximate surface area is 641 Å². The average molecular weight is 1630 g/mol. The summed E-state index contributed by atoms with van der Waals surface area (Å²) in [5, 5.41) is 26.0. The van der Waals surface area contributed by atoms with Crippen molar-refractivity contribution in [2.75, 3.05) is 319 Å². The van der Waals surface area contributed by atoms with Gasteiger partial charge >= 0.3 is 5.97 Å². The number of hydrogen-bond donors (Lipinski definition) is 7. The number of hydrogen-bond acceptors (Lipinski definition) is 35. The van der Waals surface area contributed by atoms with Gasteiger partial charge in [-0.25, -0.2) is 0 Å². The molecule has 0 unspecified atom stereocenters. The van der Waals surface area contributed by atoms with E-state index in [1.807, 2.05) is 21.6 Å². The molecule has 0 aromatic carbocycles. The van der Waals surface area contributed by atoms with Crippen molar-refractivity contribution in [1.29, 1.82) is 0 Å². The highest BCUT2D eigenvalue weighted by Gasteiger charge is 2.53. The molecule has 0 aliphatic carbocycles. The molecule has 105 heavy (non-hydrogen) atoms. The van der Waals surface area contributed by atoms with E-state index in [9.17, 15) is 38.7 Å². The first kappa shape index (κ1) is 101. The molecule has 0 radical (unpaired) electrons. The van der Waals surface area contributed by atoms with Crippen molar-refractivity contribution in [3.63, 3.8) is 0 Å². The third-order valence-electron chi connectivity index (χ3n) is 12.9. The molecule has 0 bridgehead atoms. The molecular weight excluding hydrogens is 1510 g/mol. The summed E-state index contributed by atoms with van der Waals surface area (Å²) < 4.78 is 118. The molecule has 6 amide bonds. The van der Waals surface area contributed by atoms with Crippen molar-refractivity contribution in [2.24, 2.45) is 5.92 Å². The van der Waals surface area contributed by atoms with E-state index in [2.05, 4.69) is 31.9 Å². The van der Waals surface area contributed by atoms with Crippen LogP contribution in [0.5, 0.6) is 0 Å². The number of unbranched alkanes of at least 4 members (excludes halogenated alkanes) is 1. The fourth-order valence-electron chi connectivity index (χ4n) is 7.46. The largest absolute Gasteiger partial charge is 0.481 e. The summed E-state index contributed by atoms with van der Waals surface area (Å²) in [6.45, 7) is 12.0. The first-order chi connectivity index (χ1) is 51.3. The van der Waals surface area contributed by atoms with Crippen molar-refractivity contribution in [1.82, 2.24) is 31.9 Å². The molecule has 0 aromatic heterocycles. The van der Waals surface area contributed by atoms with Gasteiger partial charge in [0.2, 0.25) is 35.4 Å². The second kappa shape index (κ2) is 75.5. The van der Waals surface area contributed by atoms with Crippen LogP contribution in [0.2, 0.25) is 0 Å². The van der Waals surface area contributed by atoms with Crippen LogP contribution in [0, 0.1) is 5.92 Å². The van der Waals surface area contributed by atoms with E-state index in [4.69, 9.17) is 104 Å². The minimum atomic E-state index is -0.788. The number of carboxylic acid groups (broad SMARTS) is 1. The van der Waals surface area contributed by atoms with Crippen LogP contribution in [-0.4, -0.2) is 385 Å². The zero-order chi connectivity index (χ0) is 76.4. The van der Waals surface area contributed by atoms with Crippen LogP contribution in [0.4, 0.5) is 0 Å². The van der Waals surface area contributed by atoms with E-state index in [1.165, 1.54) is 7.05 Å². The number of amides is 6. The van der Waals surface area contributed by atoms with Crippen LogP contribution in [0.15, 0.2) is 0 Å². The van der Waals surface area contributed by atoms with Gasteiger partial charge in [-0.2, -0.15) is 0 Å². The van der Waals surface area contributed by atoms with Crippen LogP contribution >= 0.6 is 64.8 Å². The molecule has 616 valence electrons. The number of carbonyl (C=O) groups excluding carboxylic acids is 6. The summed E-state index contributed by atoms with van der Waals surface area (Å²) in [5.41, 5.74) is 0. The van der Waals surface area contributed by atoms with Gasteiger partial charge in [0.1, 0.15) is 51.8 Å². The van der Waals surface area contributed by atoms with Crippen LogP contribution in [0.25, 0.3) is 0 Å². The Morgan fingerprint density at radius 1 is 0.324 bits per heavy atom. The van der Waals surface area contributed by atoms with Gasteiger partial charge in [0, 0.05) is 68.2 Å². The van der Waals surface area contributed by atoms with Gasteiger partial charge < -0.3 is 141 Å².